The number of carbonyl (C=O) groups excluding carboxylic acids is 2. The maximum atomic E-state index is 12.5. The summed E-state index contributed by atoms with van der Waals surface area (Å²) in [7, 11) is 0. The molecule has 0 bridgehead atoms. The quantitative estimate of drug-likeness (QED) is 0.520. The van der Waals surface area contributed by atoms with Crippen LogP contribution in [0.25, 0.3) is 20.8 Å². The highest BCUT2D eigenvalue weighted by Crippen LogP contribution is 2.31. The summed E-state index contributed by atoms with van der Waals surface area (Å²) in [6.07, 6.45) is 0. The van der Waals surface area contributed by atoms with E-state index in [1.54, 1.807) is 29.2 Å². The van der Waals surface area contributed by atoms with E-state index in [0.717, 1.165) is 26.5 Å². The second-order valence-electron chi connectivity index (χ2n) is 7.79. The number of aryl methyl sites for hydroxylation is 2. The van der Waals surface area contributed by atoms with E-state index in [-0.39, 0.29) is 23.4 Å². The van der Waals surface area contributed by atoms with Crippen LogP contribution in [0.5, 0.6) is 0 Å². The molecule has 0 aliphatic carbocycles. The molecule has 8 heteroatoms. The van der Waals surface area contributed by atoms with E-state index < -0.39 is 0 Å². The molecule has 2 aromatic heterocycles. The molecule has 1 aliphatic rings. The number of thiazole rings is 1. The molecule has 31 heavy (non-hydrogen) atoms. The van der Waals surface area contributed by atoms with Gasteiger partial charge in [0.15, 0.2) is 5.69 Å². The predicted molar refractivity (Wildman–Crippen MR) is 119 cm³/mol. The highest BCUT2D eigenvalue weighted by Gasteiger charge is 2.37. The van der Waals surface area contributed by atoms with Crippen molar-refractivity contribution in [2.24, 2.45) is 5.92 Å². The first kappa shape index (κ1) is 19.4. The first-order valence-corrected chi connectivity index (χ1v) is 10.8. The molecule has 1 aliphatic heterocycles. The van der Waals surface area contributed by atoms with Crippen molar-refractivity contribution in [1.29, 1.82) is 0 Å². The maximum absolute atomic E-state index is 12.5. The van der Waals surface area contributed by atoms with Crippen LogP contribution in [0.4, 0.5) is 5.69 Å². The summed E-state index contributed by atoms with van der Waals surface area (Å²) in [5.74, 6) is 0.0478. The van der Waals surface area contributed by atoms with E-state index in [1.165, 1.54) is 5.56 Å². The largest absolute Gasteiger partial charge is 0.361 e. The molecule has 0 saturated carbocycles. The number of benzene rings is 2. The average molecular weight is 433 g/mol. The second kappa shape index (κ2) is 7.63. The first-order valence-electron chi connectivity index (χ1n) is 9.97. The Labute approximate surface area is 182 Å². The van der Waals surface area contributed by atoms with Crippen molar-refractivity contribution < 1.29 is 14.1 Å². The summed E-state index contributed by atoms with van der Waals surface area (Å²) in [6, 6.07) is 15.5. The summed E-state index contributed by atoms with van der Waals surface area (Å²) in [5, 5.41) is 7.62. The van der Waals surface area contributed by atoms with E-state index in [0.29, 0.717) is 18.8 Å². The first-order chi connectivity index (χ1) is 15.0. The Balaban J connectivity index is 1.20. The molecule has 1 N–H and O–H groups in total. The van der Waals surface area contributed by atoms with Gasteiger partial charge in [0.05, 0.1) is 16.1 Å². The Kier molecular flexibility index (Phi) is 4.78. The Morgan fingerprint density at radius 1 is 1.10 bits per heavy atom. The number of aromatic nitrogens is 2. The lowest BCUT2D eigenvalue weighted by molar-refractivity contribution is -0.123. The predicted octanol–water partition coefficient (Wildman–Crippen LogP) is 4.28. The molecule has 156 valence electrons. The van der Waals surface area contributed by atoms with Crippen LogP contribution in [0, 0.1) is 19.8 Å². The zero-order chi connectivity index (χ0) is 21.5. The standard InChI is InChI=1S/C23H20N4O3S/c1-13-3-8-18-20(9-13)31-22(25-18)15-4-6-17(7-5-15)24-21(28)16-11-27(12-16)23(29)19-10-14(2)30-26-19/h3-10,16H,11-12H2,1-2H3,(H,24,28). The summed E-state index contributed by atoms with van der Waals surface area (Å²) < 4.78 is 6.11. The summed E-state index contributed by atoms with van der Waals surface area (Å²) in [5.41, 5.74) is 4.22. The van der Waals surface area contributed by atoms with Crippen molar-refractivity contribution in [3.63, 3.8) is 0 Å². The normalized spacial score (nSPS) is 13.9. The third kappa shape index (κ3) is 3.82. The minimum absolute atomic E-state index is 0.0939. The molecule has 0 radical (unpaired) electrons. The fraction of sp³-hybridized carbons (Fsp3) is 0.217. The molecule has 0 spiro atoms. The lowest BCUT2D eigenvalue weighted by Gasteiger charge is -2.37. The van der Waals surface area contributed by atoms with Gasteiger partial charge >= 0.3 is 0 Å². The van der Waals surface area contributed by atoms with Crippen molar-refractivity contribution in [3.8, 4) is 10.6 Å². The third-order valence-electron chi connectivity index (χ3n) is 5.33. The molecule has 0 unspecified atom stereocenters. The highest BCUT2D eigenvalue weighted by molar-refractivity contribution is 7.21. The zero-order valence-corrected chi connectivity index (χ0v) is 17.9. The van der Waals surface area contributed by atoms with Crippen LogP contribution in [0.1, 0.15) is 21.8 Å². The van der Waals surface area contributed by atoms with Crippen LogP contribution in [0.2, 0.25) is 0 Å². The topological polar surface area (TPSA) is 88.3 Å². The van der Waals surface area contributed by atoms with Crippen molar-refractivity contribution in [1.82, 2.24) is 15.0 Å². The van der Waals surface area contributed by atoms with Crippen LogP contribution in [-0.4, -0.2) is 39.9 Å². The van der Waals surface area contributed by atoms with Crippen LogP contribution in [0.3, 0.4) is 0 Å². The molecule has 3 heterocycles. The summed E-state index contributed by atoms with van der Waals surface area (Å²) in [6.45, 7) is 4.56. The van der Waals surface area contributed by atoms with Crippen molar-refractivity contribution in [3.05, 3.63) is 65.5 Å². The molecule has 5 rings (SSSR count). The van der Waals surface area contributed by atoms with Gasteiger partial charge in [0.25, 0.3) is 5.91 Å². The minimum atomic E-state index is -0.232. The number of carbonyl (C=O) groups is 2. The Bertz CT molecular complexity index is 1290. The van der Waals surface area contributed by atoms with E-state index in [4.69, 9.17) is 9.51 Å². The molecular formula is C23H20N4O3S. The molecule has 0 atom stereocenters. The number of hydrogen-bond donors (Lipinski definition) is 1. The number of hydrogen-bond acceptors (Lipinski definition) is 6. The average Bonchev–Trinajstić information content (AvgIpc) is 3.33. The molecule has 2 amide bonds. The van der Waals surface area contributed by atoms with Crippen molar-refractivity contribution in [2.45, 2.75) is 13.8 Å². The van der Waals surface area contributed by atoms with Gasteiger partial charge in [0.1, 0.15) is 10.8 Å². The van der Waals surface area contributed by atoms with Gasteiger partial charge < -0.3 is 14.7 Å². The molecular weight excluding hydrogens is 412 g/mol. The van der Waals surface area contributed by atoms with E-state index in [9.17, 15) is 9.59 Å². The van der Waals surface area contributed by atoms with E-state index in [1.807, 2.05) is 30.3 Å². The SMILES string of the molecule is Cc1ccc2nc(-c3ccc(NC(=O)C4CN(C(=O)c5cc(C)on5)C4)cc3)sc2c1. The Morgan fingerprint density at radius 3 is 2.58 bits per heavy atom. The van der Waals surface area contributed by atoms with Gasteiger partial charge in [-0.05, 0) is 55.8 Å². The van der Waals surface area contributed by atoms with Crippen molar-refractivity contribution in [2.75, 3.05) is 18.4 Å². The number of nitrogens with one attached hydrogen (secondary N) is 1. The maximum Gasteiger partial charge on any atom is 0.276 e. The number of likely N-dealkylation sites (tertiary alicyclic amines) is 1. The van der Waals surface area contributed by atoms with Gasteiger partial charge in [-0.3, -0.25) is 9.59 Å². The molecule has 4 aromatic rings. The monoisotopic (exact) mass is 432 g/mol. The minimum Gasteiger partial charge on any atom is -0.361 e. The molecule has 7 nitrogen and oxygen atoms in total. The van der Waals surface area contributed by atoms with Gasteiger partial charge in [0, 0.05) is 30.4 Å². The fourth-order valence-electron chi connectivity index (χ4n) is 3.54. The van der Waals surface area contributed by atoms with Gasteiger partial charge in [-0.25, -0.2) is 4.98 Å². The molecule has 1 fully saturated rings. The van der Waals surface area contributed by atoms with Gasteiger partial charge in [-0.1, -0.05) is 11.2 Å². The Morgan fingerprint density at radius 2 is 1.87 bits per heavy atom. The lowest BCUT2D eigenvalue weighted by atomic mass is 9.98. The van der Waals surface area contributed by atoms with Crippen LogP contribution >= 0.6 is 11.3 Å². The Hall–Kier alpha value is -3.52. The number of rotatable bonds is 4. The smallest absolute Gasteiger partial charge is 0.276 e. The number of nitrogens with zero attached hydrogens (tertiary/aromatic N) is 3. The van der Waals surface area contributed by atoms with Crippen molar-refractivity contribution >= 4 is 39.1 Å². The summed E-state index contributed by atoms with van der Waals surface area (Å²) in [4.78, 5) is 31.1. The van der Waals surface area contributed by atoms with E-state index in [2.05, 4.69) is 29.5 Å². The summed E-state index contributed by atoms with van der Waals surface area (Å²) >= 11 is 1.66. The van der Waals surface area contributed by atoms with Gasteiger partial charge in [-0.2, -0.15) is 0 Å². The third-order valence-corrected chi connectivity index (χ3v) is 6.40. The number of amides is 2. The van der Waals surface area contributed by atoms with Gasteiger partial charge in [-0.15, -0.1) is 11.3 Å². The zero-order valence-electron chi connectivity index (χ0n) is 17.1. The molecule has 1 saturated heterocycles. The number of anilines is 1. The van der Waals surface area contributed by atoms with Crippen LogP contribution < -0.4 is 5.32 Å². The van der Waals surface area contributed by atoms with Crippen LogP contribution in [-0.2, 0) is 4.79 Å². The fourth-order valence-corrected chi connectivity index (χ4v) is 4.60. The number of fused-ring (bicyclic) bond motifs is 1. The second-order valence-corrected chi connectivity index (χ2v) is 8.82. The highest BCUT2D eigenvalue weighted by atomic mass is 32.1. The van der Waals surface area contributed by atoms with Gasteiger partial charge in [0.2, 0.25) is 5.91 Å². The lowest BCUT2D eigenvalue weighted by Crippen LogP contribution is -2.54. The molecule has 2 aromatic carbocycles. The van der Waals surface area contributed by atoms with Crippen LogP contribution in [0.15, 0.2) is 53.1 Å². The van der Waals surface area contributed by atoms with E-state index >= 15 is 0 Å².